The van der Waals surface area contributed by atoms with Crippen molar-refractivity contribution in [2.24, 2.45) is 11.7 Å². The molecule has 1 fully saturated rings. The van der Waals surface area contributed by atoms with Crippen LogP contribution in [0.2, 0.25) is 10.0 Å². The van der Waals surface area contributed by atoms with Crippen molar-refractivity contribution in [1.82, 2.24) is 10.6 Å². The van der Waals surface area contributed by atoms with Crippen LogP contribution in [-0.4, -0.2) is 24.4 Å². The topological polar surface area (TPSA) is 84.2 Å². The molecule has 0 aromatic heterocycles. The molecule has 0 radical (unpaired) electrons. The highest BCUT2D eigenvalue weighted by molar-refractivity contribution is 6.36. The van der Waals surface area contributed by atoms with Gasteiger partial charge in [0.15, 0.2) is 0 Å². The Morgan fingerprint density at radius 3 is 2.30 bits per heavy atom. The maximum Gasteiger partial charge on any atom is 0.240 e. The third-order valence-electron chi connectivity index (χ3n) is 4.01. The Balaban J connectivity index is 1.97. The quantitative estimate of drug-likeness (QED) is 0.729. The van der Waals surface area contributed by atoms with Gasteiger partial charge in [0.2, 0.25) is 11.8 Å². The second-order valence-electron chi connectivity index (χ2n) is 6.21. The average Bonchev–Trinajstić information content (AvgIpc) is 3.23. The third kappa shape index (κ3) is 4.16. The van der Waals surface area contributed by atoms with Crippen molar-refractivity contribution >= 4 is 35.0 Å². The highest BCUT2D eigenvalue weighted by Crippen LogP contribution is 2.50. The zero-order chi connectivity index (χ0) is 17.2. The molecule has 23 heavy (non-hydrogen) atoms. The molecule has 0 heterocycles. The van der Waals surface area contributed by atoms with E-state index in [4.69, 9.17) is 28.9 Å². The fourth-order valence-electron chi connectivity index (χ4n) is 2.42. The number of amides is 2. The molecule has 1 atom stereocenters. The highest BCUT2D eigenvalue weighted by atomic mass is 35.5. The molecule has 0 aliphatic heterocycles. The summed E-state index contributed by atoms with van der Waals surface area (Å²) in [6.45, 7) is 3.58. The van der Waals surface area contributed by atoms with Gasteiger partial charge < -0.3 is 16.4 Å². The van der Waals surface area contributed by atoms with Crippen LogP contribution in [0.15, 0.2) is 18.2 Å². The van der Waals surface area contributed by atoms with Crippen molar-refractivity contribution in [2.75, 3.05) is 6.54 Å². The summed E-state index contributed by atoms with van der Waals surface area (Å²) in [6.07, 6.45) is 1.53. The van der Waals surface area contributed by atoms with Crippen LogP contribution in [-0.2, 0) is 15.1 Å². The van der Waals surface area contributed by atoms with Gasteiger partial charge in [0.05, 0.1) is 18.1 Å². The fraction of sp³-hybridized carbons (Fsp3) is 0.500. The molecule has 1 aliphatic rings. The Hall–Kier alpha value is -1.30. The number of rotatable bonds is 6. The SMILES string of the molecule is CC(C)[C@H](N)C(=O)NCC(=O)NC1(c2c(Cl)cccc2Cl)CC1. The lowest BCUT2D eigenvalue weighted by Crippen LogP contribution is -2.48. The van der Waals surface area contributed by atoms with E-state index in [-0.39, 0.29) is 24.3 Å². The minimum atomic E-state index is -0.629. The molecule has 5 nitrogen and oxygen atoms in total. The second-order valence-corrected chi connectivity index (χ2v) is 7.03. The van der Waals surface area contributed by atoms with Crippen LogP contribution in [0, 0.1) is 5.92 Å². The summed E-state index contributed by atoms with van der Waals surface area (Å²) in [6, 6.07) is 4.63. The minimum absolute atomic E-state index is 0.00904. The minimum Gasteiger partial charge on any atom is -0.346 e. The van der Waals surface area contributed by atoms with Crippen molar-refractivity contribution in [3.8, 4) is 0 Å². The molecule has 4 N–H and O–H groups in total. The second kappa shape index (κ2) is 7.07. The maximum absolute atomic E-state index is 12.1. The number of nitrogens with one attached hydrogen (secondary N) is 2. The Kier molecular flexibility index (Phi) is 5.55. The van der Waals surface area contributed by atoms with Crippen molar-refractivity contribution in [2.45, 2.75) is 38.3 Å². The first-order chi connectivity index (χ1) is 10.8. The van der Waals surface area contributed by atoms with Gasteiger partial charge >= 0.3 is 0 Å². The van der Waals surface area contributed by atoms with E-state index >= 15 is 0 Å². The monoisotopic (exact) mass is 357 g/mol. The van der Waals surface area contributed by atoms with Gasteiger partial charge in [0.1, 0.15) is 0 Å². The summed E-state index contributed by atoms with van der Waals surface area (Å²) in [5.74, 6) is -0.617. The van der Waals surface area contributed by atoms with Crippen LogP contribution in [0.3, 0.4) is 0 Å². The average molecular weight is 358 g/mol. The largest absolute Gasteiger partial charge is 0.346 e. The Bertz CT molecular complexity index is 595. The summed E-state index contributed by atoms with van der Waals surface area (Å²) in [4.78, 5) is 23.9. The Morgan fingerprint density at radius 2 is 1.83 bits per heavy atom. The van der Waals surface area contributed by atoms with Gasteiger partial charge in [-0.15, -0.1) is 0 Å². The van der Waals surface area contributed by atoms with Crippen molar-refractivity contribution < 1.29 is 9.59 Å². The first-order valence-corrected chi connectivity index (χ1v) is 8.31. The van der Waals surface area contributed by atoms with Gasteiger partial charge in [0, 0.05) is 15.6 Å². The van der Waals surface area contributed by atoms with E-state index in [0.29, 0.717) is 10.0 Å². The normalized spacial score (nSPS) is 16.8. The van der Waals surface area contributed by atoms with E-state index in [0.717, 1.165) is 18.4 Å². The number of carbonyl (C=O) groups excluding carboxylic acids is 2. The molecule has 2 rings (SSSR count). The summed E-state index contributed by atoms with van der Waals surface area (Å²) in [7, 11) is 0. The number of hydrogen-bond acceptors (Lipinski definition) is 3. The first-order valence-electron chi connectivity index (χ1n) is 7.55. The van der Waals surface area contributed by atoms with Gasteiger partial charge in [-0.05, 0) is 30.9 Å². The smallest absolute Gasteiger partial charge is 0.240 e. The lowest BCUT2D eigenvalue weighted by atomic mass is 10.0. The summed E-state index contributed by atoms with van der Waals surface area (Å²) < 4.78 is 0. The number of hydrogen-bond donors (Lipinski definition) is 3. The Labute approximate surface area is 145 Å². The lowest BCUT2D eigenvalue weighted by molar-refractivity contribution is -0.127. The van der Waals surface area contributed by atoms with E-state index < -0.39 is 11.6 Å². The van der Waals surface area contributed by atoms with E-state index in [2.05, 4.69) is 10.6 Å². The molecule has 1 saturated carbocycles. The van der Waals surface area contributed by atoms with E-state index in [1.165, 1.54) is 0 Å². The van der Waals surface area contributed by atoms with E-state index in [9.17, 15) is 9.59 Å². The van der Waals surface area contributed by atoms with Gasteiger partial charge in [0.25, 0.3) is 0 Å². The molecule has 0 spiro atoms. The van der Waals surface area contributed by atoms with Crippen LogP contribution in [0.5, 0.6) is 0 Å². The standard InChI is InChI=1S/C16H21Cl2N3O2/c1-9(2)14(19)15(23)20-8-12(22)21-16(6-7-16)13-10(17)4-3-5-11(13)18/h3-5,9,14H,6-8,19H2,1-2H3,(H,20,23)(H,21,22)/t14-/m0/s1. The van der Waals surface area contributed by atoms with Crippen LogP contribution in [0.4, 0.5) is 0 Å². The molecule has 7 heteroatoms. The van der Waals surface area contributed by atoms with Crippen molar-refractivity contribution in [3.63, 3.8) is 0 Å². The summed E-state index contributed by atoms with van der Waals surface area (Å²) in [5, 5.41) is 6.54. The molecule has 0 bridgehead atoms. The molecule has 126 valence electrons. The first kappa shape index (κ1) is 18.0. The van der Waals surface area contributed by atoms with Crippen molar-refractivity contribution in [1.29, 1.82) is 0 Å². The lowest BCUT2D eigenvalue weighted by Gasteiger charge is -2.21. The Morgan fingerprint density at radius 1 is 1.26 bits per heavy atom. The van der Waals surface area contributed by atoms with Gasteiger partial charge in [-0.1, -0.05) is 43.1 Å². The number of halogens is 2. The van der Waals surface area contributed by atoms with Gasteiger partial charge in [-0.25, -0.2) is 0 Å². The molecule has 0 unspecified atom stereocenters. The summed E-state index contributed by atoms with van der Waals surface area (Å²) in [5.41, 5.74) is 5.95. The molecule has 1 aromatic rings. The number of nitrogens with two attached hydrogens (primary N) is 1. The molecule has 2 amide bonds. The number of carbonyl (C=O) groups is 2. The molecule has 1 aliphatic carbocycles. The summed E-state index contributed by atoms with van der Waals surface area (Å²) >= 11 is 12.4. The van der Waals surface area contributed by atoms with Crippen LogP contribution >= 0.6 is 23.2 Å². The van der Waals surface area contributed by atoms with Crippen molar-refractivity contribution in [3.05, 3.63) is 33.8 Å². The van der Waals surface area contributed by atoms with Gasteiger partial charge in [-0.2, -0.15) is 0 Å². The molecular weight excluding hydrogens is 337 g/mol. The fourth-order valence-corrected chi connectivity index (χ4v) is 3.18. The molecule has 1 aromatic carbocycles. The van der Waals surface area contributed by atoms with E-state index in [1.54, 1.807) is 18.2 Å². The molecular formula is C16H21Cl2N3O2. The molecule has 0 saturated heterocycles. The highest BCUT2D eigenvalue weighted by Gasteiger charge is 2.48. The van der Waals surface area contributed by atoms with Gasteiger partial charge in [-0.3, -0.25) is 9.59 Å². The van der Waals surface area contributed by atoms with E-state index in [1.807, 2.05) is 13.8 Å². The van der Waals surface area contributed by atoms with Crippen LogP contribution in [0.25, 0.3) is 0 Å². The zero-order valence-electron chi connectivity index (χ0n) is 13.2. The predicted octanol–water partition coefficient (Wildman–Crippen LogP) is 2.20. The predicted molar refractivity (Wildman–Crippen MR) is 91.3 cm³/mol. The maximum atomic E-state index is 12.1. The number of benzene rings is 1. The zero-order valence-corrected chi connectivity index (χ0v) is 14.7. The van der Waals surface area contributed by atoms with Crippen LogP contribution in [0.1, 0.15) is 32.3 Å². The van der Waals surface area contributed by atoms with Crippen LogP contribution < -0.4 is 16.4 Å². The third-order valence-corrected chi connectivity index (χ3v) is 4.64.